The minimum absolute atomic E-state index is 0.179. The number of nitrogens with two attached hydrogens (primary N) is 1. The number of hydrogen-bond acceptors (Lipinski definition) is 6. The molecule has 6 nitrogen and oxygen atoms in total. The van der Waals surface area contributed by atoms with Crippen molar-refractivity contribution in [2.45, 2.75) is 38.8 Å². The number of nitrogens with zero attached hydrogens (tertiary/aromatic N) is 4. The number of aryl methyl sites for hydroxylation is 2. The average molecular weight is 335 g/mol. The van der Waals surface area contributed by atoms with Gasteiger partial charge in [0, 0.05) is 10.8 Å². The molecule has 0 bridgehead atoms. The van der Waals surface area contributed by atoms with E-state index in [1.807, 2.05) is 4.40 Å². The maximum absolute atomic E-state index is 11.0. The quantitative estimate of drug-likeness (QED) is 0.741. The third-order valence-corrected chi connectivity index (χ3v) is 5.58. The molecule has 3 heterocycles. The molecule has 0 saturated heterocycles. The molecule has 0 unspecified atom stereocenters. The predicted octanol–water partition coefficient (Wildman–Crippen LogP) is 2.66. The number of aromatic nitrogens is 4. The van der Waals surface area contributed by atoms with Gasteiger partial charge in [0.25, 0.3) is 0 Å². The van der Waals surface area contributed by atoms with Gasteiger partial charge < -0.3 is 5.73 Å². The molecule has 3 rings (SSSR count). The zero-order valence-corrected chi connectivity index (χ0v) is 14.5. The fourth-order valence-electron chi connectivity index (χ4n) is 2.36. The molecular formula is C14H17N5OS2. The van der Waals surface area contributed by atoms with Crippen LogP contribution in [0.2, 0.25) is 0 Å². The van der Waals surface area contributed by atoms with Crippen LogP contribution in [0.1, 0.15) is 36.0 Å². The van der Waals surface area contributed by atoms with Crippen LogP contribution >= 0.6 is 23.1 Å². The number of carbonyl (C=O) groups excluding carboxylic acids is 1. The van der Waals surface area contributed by atoms with Gasteiger partial charge in [-0.3, -0.25) is 9.20 Å². The Hall–Kier alpha value is -1.67. The van der Waals surface area contributed by atoms with Crippen LogP contribution in [0, 0.1) is 13.8 Å². The van der Waals surface area contributed by atoms with Gasteiger partial charge in [-0.1, -0.05) is 25.6 Å². The third-order valence-electron chi connectivity index (χ3n) is 3.53. The molecule has 1 amide bonds. The van der Waals surface area contributed by atoms with E-state index in [9.17, 15) is 4.79 Å². The Morgan fingerprint density at radius 2 is 2.09 bits per heavy atom. The second-order valence-corrected chi connectivity index (χ2v) is 7.63. The first-order chi connectivity index (χ1) is 10.4. The number of thiophene rings is 1. The van der Waals surface area contributed by atoms with E-state index in [2.05, 4.69) is 37.9 Å². The average Bonchev–Trinajstić information content (AvgIpc) is 2.97. The lowest BCUT2D eigenvalue weighted by Gasteiger charge is -2.10. The van der Waals surface area contributed by atoms with Crippen LogP contribution < -0.4 is 5.73 Å². The van der Waals surface area contributed by atoms with Crippen molar-refractivity contribution in [3.05, 3.63) is 16.3 Å². The van der Waals surface area contributed by atoms with E-state index in [0.717, 1.165) is 21.7 Å². The van der Waals surface area contributed by atoms with Gasteiger partial charge in [0.15, 0.2) is 10.8 Å². The van der Waals surface area contributed by atoms with Gasteiger partial charge in [-0.15, -0.1) is 21.5 Å². The Bertz CT molecular complexity index is 880. The van der Waals surface area contributed by atoms with E-state index in [-0.39, 0.29) is 17.6 Å². The summed E-state index contributed by atoms with van der Waals surface area (Å²) >= 11 is 2.98. The van der Waals surface area contributed by atoms with Gasteiger partial charge >= 0.3 is 0 Å². The molecule has 0 fully saturated rings. The number of thioether (sulfide) groups is 1. The van der Waals surface area contributed by atoms with Crippen molar-refractivity contribution in [3.8, 4) is 0 Å². The van der Waals surface area contributed by atoms with Crippen LogP contribution in [-0.4, -0.2) is 31.2 Å². The lowest BCUT2D eigenvalue weighted by molar-refractivity contribution is -0.115. The third kappa shape index (κ3) is 2.36. The van der Waals surface area contributed by atoms with E-state index >= 15 is 0 Å². The molecule has 0 aliphatic carbocycles. The number of fused-ring (bicyclic) bond motifs is 3. The van der Waals surface area contributed by atoms with Gasteiger partial charge in [-0.25, -0.2) is 4.98 Å². The SMILES string of the molecule is Cc1sc2nc(C(C)C)n3c(SCC(N)=O)nnc3c2c1C. The van der Waals surface area contributed by atoms with Crippen LogP contribution in [0.3, 0.4) is 0 Å². The molecule has 22 heavy (non-hydrogen) atoms. The van der Waals surface area contributed by atoms with E-state index < -0.39 is 0 Å². The van der Waals surface area contributed by atoms with Gasteiger partial charge in [0.2, 0.25) is 5.91 Å². The largest absolute Gasteiger partial charge is 0.369 e. The molecular weight excluding hydrogens is 318 g/mol. The van der Waals surface area contributed by atoms with E-state index in [0.29, 0.717) is 5.16 Å². The standard InChI is InChI=1S/C14H17N5OS2/c1-6(2)11-16-13-10(7(3)8(4)22-13)12-17-18-14(19(11)12)21-5-9(15)20/h6H,5H2,1-4H3,(H2,15,20). The molecule has 3 aromatic rings. The topological polar surface area (TPSA) is 86.2 Å². The number of primary amides is 1. The molecule has 0 aliphatic heterocycles. The van der Waals surface area contributed by atoms with Crippen molar-refractivity contribution >= 4 is 44.9 Å². The number of hydrogen-bond donors (Lipinski definition) is 1. The number of amides is 1. The summed E-state index contributed by atoms with van der Waals surface area (Å²) in [6.45, 7) is 8.34. The summed E-state index contributed by atoms with van der Waals surface area (Å²) < 4.78 is 1.96. The maximum Gasteiger partial charge on any atom is 0.227 e. The van der Waals surface area contributed by atoms with Crippen LogP contribution in [0.4, 0.5) is 0 Å². The summed E-state index contributed by atoms with van der Waals surface area (Å²) in [7, 11) is 0. The molecule has 2 N–H and O–H groups in total. The Balaban J connectivity index is 2.32. The lowest BCUT2D eigenvalue weighted by Crippen LogP contribution is -2.13. The molecule has 0 radical (unpaired) electrons. The van der Waals surface area contributed by atoms with Gasteiger partial charge in [0.05, 0.1) is 11.1 Å². The van der Waals surface area contributed by atoms with Crippen molar-refractivity contribution in [2.24, 2.45) is 5.73 Å². The van der Waals surface area contributed by atoms with Crippen molar-refractivity contribution in [3.63, 3.8) is 0 Å². The first kappa shape index (κ1) is 15.2. The fourth-order valence-corrected chi connectivity index (χ4v) is 4.07. The highest BCUT2D eigenvalue weighted by Gasteiger charge is 2.20. The van der Waals surface area contributed by atoms with E-state index in [4.69, 9.17) is 10.7 Å². The molecule has 0 aromatic carbocycles. The van der Waals surface area contributed by atoms with Crippen LogP contribution in [0.25, 0.3) is 15.9 Å². The molecule has 0 atom stereocenters. The highest BCUT2D eigenvalue weighted by atomic mass is 32.2. The second kappa shape index (κ2) is 5.51. The fraction of sp³-hybridized carbons (Fsp3) is 0.429. The molecule has 0 saturated carbocycles. The zero-order chi connectivity index (χ0) is 16.0. The van der Waals surface area contributed by atoms with Crippen molar-refractivity contribution < 1.29 is 4.79 Å². The van der Waals surface area contributed by atoms with Gasteiger partial charge in [0.1, 0.15) is 10.7 Å². The van der Waals surface area contributed by atoms with Crippen molar-refractivity contribution in [2.75, 3.05) is 5.75 Å². The maximum atomic E-state index is 11.0. The first-order valence-corrected chi connectivity index (χ1v) is 8.76. The van der Waals surface area contributed by atoms with Gasteiger partial charge in [-0.2, -0.15) is 0 Å². The molecule has 0 aliphatic rings. The van der Waals surface area contributed by atoms with Crippen molar-refractivity contribution in [1.82, 2.24) is 19.6 Å². The normalized spacial score (nSPS) is 11.9. The zero-order valence-electron chi connectivity index (χ0n) is 12.9. The molecule has 3 aromatic heterocycles. The minimum Gasteiger partial charge on any atom is -0.369 e. The van der Waals surface area contributed by atoms with Crippen LogP contribution in [0.5, 0.6) is 0 Å². The van der Waals surface area contributed by atoms with Gasteiger partial charge in [-0.05, 0) is 19.4 Å². The highest BCUT2D eigenvalue weighted by molar-refractivity contribution is 7.99. The smallest absolute Gasteiger partial charge is 0.227 e. The van der Waals surface area contributed by atoms with E-state index in [1.54, 1.807) is 11.3 Å². The summed E-state index contributed by atoms with van der Waals surface area (Å²) in [5.74, 6) is 0.932. The summed E-state index contributed by atoms with van der Waals surface area (Å²) in [6, 6.07) is 0. The number of carbonyl (C=O) groups is 1. The summed E-state index contributed by atoms with van der Waals surface area (Å²) in [4.78, 5) is 18.1. The first-order valence-electron chi connectivity index (χ1n) is 6.96. The van der Waals surface area contributed by atoms with Crippen molar-refractivity contribution in [1.29, 1.82) is 0 Å². The Morgan fingerprint density at radius 1 is 1.36 bits per heavy atom. The van der Waals surface area contributed by atoms with E-state index in [1.165, 1.54) is 22.2 Å². The lowest BCUT2D eigenvalue weighted by atomic mass is 10.2. The van der Waals surface area contributed by atoms with Crippen LogP contribution in [-0.2, 0) is 4.79 Å². The summed E-state index contributed by atoms with van der Waals surface area (Å²) in [6.07, 6.45) is 0. The highest BCUT2D eigenvalue weighted by Crippen LogP contribution is 2.34. The number of rotatable bonds is 4. The summed E-state index contributed by atoms with van der Waals surface area (Å²) in [5.41, 5.74) is 7.23. The van der Waals surface area contributed by atoms with Crippen LogP contribution in [0.15, 0.2) is 5.16 Å². The Kier molecular flexibility index (Phi) is 3.82. The summed E-state index contributed by atoms with van der Waals surface area (Å²) in [5, 5.41) is 10.3. The molecule has 8 heteroatoms. The second-order valence-electron chi connectivity index (χ2n) is 5.48. The molecule has 116 valence electrons. The molecule has 0 spiro atoms. The minimum atomic E-state index is -0.371. The predicted molar refractivity (Wildman–Crippen MR) is 89.6 cm³/mol. The Labute approximate surface area is 136 Å². The monoisotopic (exact) mass is 335 g/mol. The Morgan fingerprint density at radius 3 is 2.73 bits per heavy atom.